The topological polar surface area (TPSA) is 33.4 Å². The highest BCUT2D eigenvalue weighted by Crippen LogP contribution is 2.31. The summed E-state index contributed by atoms with van der Waals surface area (Å²) in [6.45, 7) is 0. The van der Waals surface area contributed by atoms with Crippen molar-refractivity contribution in [2.24, 2.45) is 0 Å². The molecule has 1 aromatic heterocycles. The van der Waals surface area contributed by atoms with Crippen molar-refractivity contribution in [3.05, 3.63) is 68.6 Å². The van der Waals surface area contributed by atoms with Gasteiger partial charge < -0.3 is 9.52 Å². The zero-order chi connectivity index (χ0) is 14.3. The van der Waals surface area contributed by atoms with Crippen molar-refractivity contribution in [2.45, 2.75) is 6.10 Å². The Hall–Kier alpha value is -1.17. The molecular weight excluding hydrogens is 391 g/mol. The standard InChI is InChI=1S/C15H9Br2FO2/c16-10-3-9(4-11(17)7-10)15(19)14-6-8-5-12(18)1-2-13(8)20-14/h1-7,15,19H. The van der Waals surface area contributed by atoms with Crippen LogP contribution in [0.25, 0.3) is 11.0 Å². The number of aliphatic hydroxyl groups is 1. The van der Waals surface area contributed by atoms with Crippen LogP contribution in [0.3, 0.4) is 0 Å². The van der Waals surface area contributed by atoms with E-state index >= 15 is 0 Å². The number of benzene rings is 2. The summed E-state index contributed by atoms with van der Waals surface area (Å²) in [5.41, 5.74) is 1.24. The first kappa shape index (κ1) is 13.8. The number of rotatable bonds is 2. The van der Waals surface area contributed by atoms with Crippen molar-refractivity contribution in [3.63, 3.8) is 0 Å². The smallest absolute Gasteiger partial charge is 0.138 e. The van der Waals surface area contributed by atoms with Crippen molar-refractivity contribution < 1.29 is 13.9 Å². The molecule has 0 saturated heterocycles. The summed E-state index contributed by atoms with van der Waals surface area (Å²) in [6, 6.07) is 11.4. The van der Waals surface area contributed by atoms with Crippen LogP contribution in [0.2, 0.25) is 0 Å². The highest BCUT2D eigenvalue weighted by Gasteiger charge is 2.17. The van der Waals surface area contributed by atoms with Crippen LogP contribution < -0.4 is 0 Å². The van der Waals surface area contributed by atoms with Gasteiger partial charge in [-0.15, -0.1) is 0 Å². The Kier molecular flexibility index (Phi) is 3.67. The summed E-state index contributed by atoms with van der Waals surface area (Å²) >= 11 is 6.75. The van der Waals surface area contributed by atoms with Gasteiger partial charge in [-0.3, -0.25) is 0 Å². The van der Waals surface area contributed by atoms with Gasteiger partial charge in [-0.25, -0.2) is 4.39 Å². The van der Waals surface area contributed by atoms with Crippen molar-refractivity contribution in [1.29, 1.82) is 0 Å². The largest absolute Gasteiger partial charge is 0.458 e. The first-order valence-electron chi connectivity index (χ1n) is 5.86. The van der Waals surface area contributed by atoms with E-state index in [2.05, 4.69) is 31.9 Å². The molecule has 1 heterocycles. The molecule has 1 unspecified atom stereocenters. The maximum absolute atomic E-state index is 13.2. The Morgan fingerprint density at radius 3 is 2.40 bits per heavy atom. The van der Waals surface area contributed by atoms with Gasteiger partial charge in [0.25, 0.3) is 0 Å². The third-order valence-corrected chi connectivity index (χ3v) is 3.88. The molecule has 0 aliphatic heterocycles. The molecule has 0 spiro atoms. The van der Waals surface area contributed by atoms with Gasteiger partial charge in [0.2, 0.25) is 0 Å². The van der Waals surface area contributed by atoms with Crippen LogP contribution in [0.15, 0.2) is 55.8 Å². The third kappa shape index (κ3) is 2.66. The molecule has 0 aliphatic carbocycles. The first-order chi connectivity index (χ1) is 9.52. The molecule has 102 valence electrons. The predicted octanol–water partition coefficient (Wildman–Crippen LogP) is 5.18. The lowest BCUT2D eigenvalue weighted by Crippen LogP contribution is -1.97. The molecule has 0 aliphatic rings. The van der Waals surface area contributed by atoms with Gasteiger partial charge in [-0.2, -0.15) is 0 Å². The Balaban J connectivity index is 2.05. The zero-order valence-electron chi connectivity index (χ0n) is 10.1. The number of halogens is 3. The van der Waals surface area contributed by atoms with Crippen LogP contribution >= 0.6 is 31.9 Å². The van der Waals surface area contributed by atoms with Gasteiger partial charge >= 0.3 is 0 Å². The minimum atomic E-state index is -0.903. The van der Waals surface area contributed by atoms with E-state index in [1.165, 1.54) is 12.1 Å². The molecule has 0 fully saturated rings. The van der Waals surface area contributed by atoms with Gasteiger partial charge in [0, 0.05) is 14.3 Å². The lowest BCUT2D eigenvalue weighted by molar-refractivity contribution is 0.192. The van der Waals surface area contributed by atoms with E-state index in [4.69, 9.17) is 4.42 Å². The van der Waals surface area contributed by atoms with Crippen LogP contribution in [-0.2, 0) is 0 Å². The fraction of sp³-hybridized carbons (Fsp3) is 0.0667. The molecule has 3 rings (SSSR count). The second-order valence-corrected chi connectivity index (χ2v) is 6.27. The van der Waals surface area contributed by atoms with Gasteiger partial charge in [-0.1, -0.05) is 31.9 Å². The Bertz CT molecular complexity index is 762. The van der Waals surface area contributed by atoms with Crippen LogP contribution in [-0.4, -0.2) is 5.11 Å². The van der Waals surface area contributed by atoms with Gasteiger partial charge in [0.1, 0.15) is 23.3 Å². The second kappa shape index (κ2) is 5.31. The molecule has 3 aromatic rings. The summed E-state index contributed by atoms with van der Waals surface area (Å²) < 4.78 is 20.4. The minimum Gasteiger partial charge on any atom is -0.458 e. The SMILES string of the molecule is OC(c1cc(Br)cc(Br)c1)c1cc2cc(F)ccc2o1. The highest BCUT2D eigenvalue weighted by atomic mass is 79.9. The molecule has 0 radical (unpaired) electrons. The number of aliphatic hydroxyl groups excluding tert-OH is 1. The molecule has 1 N–H and O–H groups in total. The summed E-state index contributed by atoms with van der Waals surface area (Å²) in [7, 11) is 0. The first-order valence-corrected chi connectivity index (χ1v) is 7.44. The predicted molar refractivity (Wildman–Crippen MR) is 82.1 cm³/mol. The van der Waals surface area contributed by atoms with E-state index < -0.39 is 6.10 Å². The molecule has 0 saturated carbocycles. The number of furan rings is 1. The average Bonchev–Trinajstić information content (AvgIpc) is 2.79. The van der Waals surface area contributed by atoms with Gasteiger partial charge in [0.15, 0.2) is 0 Å². The maximum Gasteiger partial charge on any atom is 0.138 e. The maximum atomic E-state index is 13.2. The molecular formula is C15H9Br2FO2. The molecule has 20 heavy (non-hydrogen) atoms. The van der Waals surface area contributed by atoms with Gasteiger partial charge in [0.05, 0.1) is 0 Å². The van der Waals surface area contributed by atoms with Crippen LogP contribution in [0.4, 0.5) is 4.39 Å². The van der Waals surface area contributed by atoms with Crippen LogP contribution in [0.1, 0.15) is 17.4 Å². The molecule has 2 nitrogen and oxygen atoms in total. The number of fused-ring (bicyclic) bond motifs is 1. The number of hydrogen-bond donors (Lipinski definition) is 1. The lowest BCUT2D eigenvalue weighted by atomic mass is 10.1. The Morgan fingerprint density at radius 2 is 1.70 bits per heavy atom. The lowest BCUT2D eigenvalue weighted by Gasteiger charge is -2.09. The van der Waals surface area contributed by atoms with E-state index in [9.17, 15) is 9.50 Å². The summed E-state index contributed by atoms with van der Waals surface area (Å²) in [6.07, 6.45) is -0.903. The van der Waals surface area contributed by atoms with Crippen LogP contribution in [0, 0.1) is 5.82 Å². The number of hydrogen-bond acceptors (Lipinski definition) is 2. The molecule has 0 bridgehead atoms. The normalized spacial score (nSPS) is 12.8. The summed E-state index contributed by atoms with van der Waals surface area (Å²) in [4.78, 5) is 0. The fourth-order valence-electron chi connectivity index (χ4n) is 2.07. The Morgan fingerprint density at radius 1 is 1.00 bits per heavy atom. The van der Waals surface area contributed by atoms with E-state index in [1.54, 1.807) is 12.1 Å². The van der Waals surface area contributed by atoms with Crippen molar-refractivity contribution in [3.8, 4) is 0 Å². The van der Waals surface area contributed by atoms with E-state index in [0.29, 0.717) is 22.3 Å². The van der Waals surface area contributed by atoms with Crippen molar-refractivity contribution >= 4 is 42.8 Å². The van der Waals surface area contributed by atoms with Crippen molar-refractivity contribution in [1.82, 2.24) is 0 Å². The summed E-state index contributed by atoms with van der Waals surface area (Å²) in [5, 5.41) is 11.0. The van der Waals surface area contributed by atoms with E-state index in [0.717, 1.165) is 8.95 Å². The molecule has 2 aromatic carbocycles. The van der Waals surface area contributed by atoms with E-state index in [1.807, 2.05) is 18.2 Å². The Labute approximate surface area is 131 Å². The van der Waals surface area contributed by atoms with E-state index in [-0.39, 0.29) is 5.82 Å². The van der Waals surface area contributed by atoms with Crippen molar-refractivity contribution in [2.75, 3.05) is 0 Å². The monoisotopic (exact) mass is 398 g/mol. The fourth-order valence-corrected chi connectivity index (χ4v) is 3.40. The molecule has 5 heteroatoms. The second-order valence-electron chi connectivity index (χ2n) is 4.44. The van der Waals surface area contributed by atoms with Crippen LogP contribution in [0.5, 0.6) is 0 Å². The van der Waals surface area contributed by atoms with Gasteiger partial charge in [-0.05, 0) is 48.0 Å². The minimum absolute atomic E-state index is 0.329. The average molecular weight is 400 g/mol. The molecule has 1 atom stereocenters. The highest BCUT2D eigenvalue weighted by molar-refractivity contribution is 9.11. The quantitative estimate of drug-likeness (QED) is 0.644. The zero-order valence-corrected chi connectivity index (χ0v) is 13.3. The third-order valence-electron chi connectivity index (χ3n) is 2.97. The summed E-state index contributed by atoms with van der Waals surface area (Å²) in [5.74, 6) is 0.0557. The molecule has 0 amide bonds.